The van der Waals surface area contributed by atoms with E-state index in [1.807, 2.05) is 43.3 Å². The number of aromatic nitrogens is 1. The van der Waals surface area contributed by atoms with Crippen LogP contribution in [-0.4, -0.2) is 11.1 Å². The minimum absolute atomic E-state index is 0.270. The molecule has 2 aromatic carbocycles. The van der Waals surface area contributed by atoms with Crippen molar-refractivity contribution in [2.75, 3.05) is 5.32 Å². The van der Waals surface area contributed by atoms with Gasteiger partial charge in [-0.2, -0.15) is 0 Å². The number of hydrogen-bond acceptors (Lipinski definition) is 3. The molecule has 3 rings (SSSR count). The van der Waals surface area contributed by atoms with Crippen molar-refractivity contribution in [3.63, 3.8) is 0 Å². The monoisotopic (exact) mass is 452 g/mol. The number of aryl methyl sites for hydroxylation is 2. The molecule has 0 aliphatic carbocycles. The molecule has 0 saturated carbocycles. The number of hydrogen-bond donors (Lipinski definition) is 1. The average molecular weight is 453 g/mol. The molecule has 0 bridgehead atoms. The highest BCUT2D eigenvalue weighted by Gasteiger charge is 2.23. The van der Waals surface area contributed by atoms with Crippen molar-refractivity contribution in [1.82, 2.24) is 5.16 Å². The van der Waals surface area contributed by atoms with Gasteiger partial charge in [0.05, 0.1) is 5.02 Å². The van der Waals surface area contributed by atoms with Crippen LogP contribution < -0.4 is 5.32 Å². The molecule has 122 valence electrons. The standard InChI is InChI=1S/C18H14ClIN2O2/c1-10-9-12(20)7-8-15(10)21-18(23)16-11(2)24-22-17(16)13-5-3-4-6-14(13)19/h3-9H,1-2H3,(H,21,23). The van der Waals surface area contributed by atoms with Crippen LogP contribution in [0.4, 0.5) is 5.69 Å². The van der Waals surface area contributed by atoms with Crippen molar-refractivity contribution in [3.05, 3.63) is 67.9 Å². The predicted octanol–water partition coefficient (Wildman–Crippen LogP) is 5.47. The lowest BCUT2D eigenvalue weighted by molar-refractivity contribution is 0.102. The largest absolute Gasteiger partial charge is 0.360 e. The second-order valence-electron chi connectivity index (χ2n) is 5.36. The molecule has 1 aromatic heterocycles. The molecule has 6 heteroatoms. The van der Waals surface area contributed by atoms with Crippen LogP contribution >= 0.6 is 34.2 Å². The van der Waals surface area contributed by atoms with E-state index in [1.165, 1.54) is 0 Å². The van der Waals surface area contributed by atoms with Crippen molar-refractivity contribution in [2.45, 2.75) is 13.8 Å². The van der Waals surface area contributed by atoms with Gasteiger partial charge in [-0.05, 0) is 66.3 Å². The number of nitrogens with zero attached hydrogens (tertiary/aromatic N) is 1. The van der Waals surface area contributed by atoms with Gasteiger partial charge < -0.3 is 9.84 Å². The molecule has 0 unspecified atom stereocenters. The van der Waals surface area contributed by atoms with Crippen LogP contribution in [0.15, 0.2) is 47.0 Å². The third-order valence-electron chi connectivity index (χ3n) is 3.66. The van der Waals surface area contributed by atoms with Gasteiger partial charge in [-0.1, -0.05) is 35.0 Å². The van der Waals surface area contributed by atoms with E-state index in [1.54, 1.807) is 13.0 Å². The van der Waals surface area contributed by atoms with Crippen LogP contribution in [0.5, 0.6) is 0 Å². The van der Waals surface area contributed by atoms with Crippen LogP contribution in [-0.2, 0) is 0 Å². The minimum Gasteiger partial charge on any atom is -0.360 e. The Morgan fingerprint density at radius 3 is 2.67 bits per heavy atom. The Bertz CT molecular complexity index is 921. The highest BCUT2D eigenvalue weighted by Crippen LogP contribution is 2.31. The quantitative estimate of drug-likeness (QED) is 0.536. The Hall–Kier alpha value is -1.86. The third-order valence-corrected chi connectivity index (χ3v) is 4.66. The molecule has 1 N–H and O–H groups in total. The normalized spacial score (nSPS) is 10.7. The van der Waals surface area contributed by atoms with Gasteiger partial charge in [0.1, 0.15) is 17.0 Å². The second kappa shape index (κ2) is 6.94. The van der Waals surface area contributed by atoms with Gasteiger partial charge in [-0.25, -0.2) is 0 Å². The van der Waals surface area contributed by atoms with E-state index in [4.69, 9.17) is 16.1 Å². The topological polar surface area (TPSA) is 55.1 Å². The SMILES string of the molecule is Cc1cc(I)ccc1NC(=O)c1c(-c2ccccc2Cl)noc1C. The highest BCUT2D eigenvalue weighted by molar-refractivity contribution is 14.1. The number of carbonyl (C=O) groups excluding carboxylic acids is 1. The summed E-state index contributed by atoms with van der Waals surface area (Å²) < 4.78 is 6.35. The maximum atomic E-state index is 12.8. The number of nitrogens with one attached hydrogen (secondary N) is 1. The zero-order chi connectivity index (χ0) is 17.3. The van der Waals surface area contributed by atoms with E-state index in [0.717, 1.165) is 14.8 Å². The number of amides is 1. The smallest absolute Gasteiger partial charge is 0.261 e. The van der Waals surface area contributed by atoms with Gasteiger partial charge in [0.25, 0.3) is 5.91 Å². The summed E-state index contributed by atoms with van der Waals surface area (Å²) in [6.45, 7) is 3.66. The van der Waals surface area contributed by atoms with Crippen LogP contribution in [0, 0.1) is 17.4 Å². The molecule has 0 saturated heterocycles. The molecule has 0 fully saturated rings. The third kappa shape index (κ3) is 3.32. The van der Waals surface area contributed by atoms with E-state index in [9.17, 15) is 4.79 Å². The molecule has 0 aliphatic heterocycles. The molecule has 3 aromatic rings. The molecule has 1 heterocycles. The first-order chi connectivity index (χ1) is 11.5. The molecule has 24 heavy (non-hydrogen) atoms. The summed E-state index contributed by atoms with van der Waals surface area (Å²) in [5.74, 6) is 0.179. The first-order valence-corrected chi connectivity index (χ1v) is 8.71. The van der Waals surface area contributed by atoms with Crippen LogP contribution in [0.3, 0.4) is 0 Å². The van der Waals surface area contributed by atoms with Gasteiger partial charge in [-0.3, -0.25) is 4.79 Å². The fraction of sp³-hybridized carbons (Fsp3) is 0.111. The summed E-state index contributed by atoms with van der Waals surface area (Å²) in [7, 11) is 0. The second-order valence-corrected chi connectivity index (χ2v) is 7.01. The maximum absolute atomic E-state index is 12.8. The van der Waals surface area contributed by atoms with E-state index >= 15 is 0 Å². The van der Waals surface area contributed by atoms with Gasteiger partial charge in [0.2, 0.25) is 0 Å². The van der Waals surface area contributed by atoms with Gasteiger partial charge in [0.15, 0.2) is 0 Å². The van der Waals surface area contributed by atoms with E-state index in [2.05, 4.69) is 33.1 Å². The lowest BCUT2D eigenvalue weighted by Crippen LogP contribution is -2.14. The number of anilines is 1. The van der Waals surface area contributed by atoms with Crippen molar-refractivity contribution in [1.29, 1.82) is 0 Å². The van der Waals surface area contributed by atoms with E-state index < -0.39 is 0 Å². The summed E-state index contributed by atoms with van der Waals surface area (Å²) in [5, 5.41) is 7.47. The van der Waals surface area contributed by atoms with Crippen LogP contribution in [0.2, 0.25) is 5.02 Å². The summed E-state index contributed by atoms with van der Waals surface area (Å²) >= 11 is 8.47. The first-order valence-electron chi connectivity index (χ1n) is 7.26. The number of carbonyl (C=O) groups is 1. The summed E-state index contributed by atoms with van der Waals surface area (Å²) in [4.78, 5) is 12.8. The van der Waals surface area contributed by atoms with Gasteiger partial charge in [0, 0.05) is 14.8 Å². The molecule has 0 radical (unpaired) electrons. The number of rotatable bonds is 3. The van der Waals surface area contributed by atoms with Gasteiger partial charge >= 0.3 is 0 Å². The molecular formula is C18H14ClIN2O2. The average Bonchev–Trinajstić information content (AvgIpc) is 2.92. The number of halogens is 2. The first kappa shape index (κ1) is 17.0. The Morgan fingerprint density at radius 2 is 1.96 bits per heavy atom. The van der Waals surface area contributed by atoms with Crippen molar-refractivity contribution in [2.24, 2.45) is 0 Å². The number of benzene rings is 2. The molecule has 0 atom stereocenters. The van der Waals surface area contributed by atoms with Crippen LogP contribution in [0.1, 0.15) is 21.7 Å². The lowest BCUT2D eigenvalue weighted by atomic mass is 10.1. The highest BCUT2D eigenvalue weighted by atomic mass is 127. The Balaban J connectivity index is 1.99. The van der Waals surface area contributed by atoms with Crippen molar-refractivity contribution in [3.8, 4) is 11.3 Å². The zero-order valence-corrected chi connectivity index (χ0v) is 16.0. The van der Waals surface area contributed by atoms with Crippen molar-refractivity contribution < 1.29 is 9.32 Å². The van der Waals surface area contributed by atoms with E-state index in [0.29, 0.717) is 27.6 Å². The fourth-order valence-electron chi connectivity index (χ4n) is 2.43. The minimum atomic E-state index is -0.270. The lowest BCUT2D eigenvalue weighted by Gasteiger charge is -2.09. The molecule has 1 amide bonds. The summed E-state index contributed by atoms with van der Waals surface area (Å²) in [6, 6.07) is 13.1. The van der Waals surface area contributed by atoms with Crippen molar-refractivity contribution >= 4 is 45.8 Å². The molecule has 4 nitrogen and oxygen atoms in total. The zero-order valence-electron chi connectivity index (χ0n) is 13.1. The Labute approximate surface area is 158 Å². The molecular weight excluding hydrogens is 439 g/mol. The predicted molar refractivity (Wildman–Crippen MR) is 104 cm³/mol. The Kier molecular flexibility index (Phi) is 4.91. The fourth-order valence-corrected chi connectivity index (χ4v) is 3.30. The summed E-state index contributed by atoms with van der Waals surface area (Å²) in [6.07, 6.45) is 0. The molecule has 0 spiro atoms. The van der Waals surface area contributed by atoms with Gasteiger partial charge in [-0.15, -0.1) is 0 Å². The summed E-state index contributed by atoms with van der Waals surface area (Å²) in [5.41, 5.74) is 3.25. The maximum Gasteiger partial charge on any atom is 0.261 e. The molecule has 0 aliphatic rings. The Morgan fingerprint density at radius 1 is 1.21 bits per heavy atom. The van der Waals surface area contributed by atoms with Crippen LogP contribution in [0.25, 0.3) is 11.3 Å². The van der Waals surface area contributed by atoms with E-state index in [-0.39, 0.29) is 5.91 Å².